The number of likely N-dealkylation sites (tertiary alicyclic amines) is 1. The lowest BCUT2D eigenvalue weighted by atomic mass is 10.0. The Bertz CT molecular complexity index is 1000. The molecular formula is C20H22FN3O4S. The summed E-state index contributed by atoms with van der Waals surface area (Å²) in [5.74, 6) is -1.20. The normalized spacial score (nSPS) is 15.2. The molecule has 9 heteroatoms. The molecule has 0 bridgehead atoms. The molecule has 1 saturated heterocycles. The molecule has 1 fully saturated rings. The molecule has 0 radical (unpaired) electrons. The first kappa shape index (κ1) is 20.9. The quantitative estimate of drug-likeness (QED) is 0.778. The number of carbonyl (C=O) groups is 2. The zero-order valence-corrected chi connectivity index (χ0v) is 16.7. The fraction of sp³-hybridized carbons (Fsp3) is 0.300. The van der Waals surface area contributed by atoms with Gasteiger partial charge in [-0.1, -0.05) is 12.1 Å². The Morgan fingerprint density at radius 2 is 1.66 bits per heavy atom. The average molecular weight is 419 g/mol. The van der Waals surface area contributed by atoms with E-state index in [1.54, 1.807) is 6.07 Å². The minimum absolute atomic E-state index is 0.0193. The smallest absolute Gasteiger partial charge is 0.256 e. The standard InChI is InChI=1S/C20H22FN3O4S/c1-14(25)22-15-6-8-17(9-7-15)29(27,28)23-16-10-12-24(13-11-16)20(26)18-4-2-3-5-19(18)21/h2-9,16,23H,10-13H2,1H3,(H,22,25). The van der Waals surface area contributed by atoms with Gasteiger partial charge in [0.1, 0.15) is 5.82 Å². The lowest BCUT2D eigenvalue weighted by Crippen LogP contribution is -2.46. The summed E-state index contributed by atoms with van der Waals surface area (Å²) in [7, 11) is -3.73. The molecule has 154 valence electrons. The van der Waals surface area contributed by atoms with E-state index in [1.807, 2.05) is 0 Å². The zero-order chi connectivity index (χ0) is 21.0. The van der Waals surface area contributed by atoms with Gasteiger partial charge in [-0.15, -0.1) is 0 Å². The monoisotopic (exact) mass is 419 g/mol. The molecule has 2 N–H and O–H groups in total. The number of hydrogen-bond acceptors (Lipinski definition) is 4. The number of amides is 2. The maximum Gasteiger partial charge on any atom is 0.256 e. The number of nitrogens with zero attached hydrogens (tertiary/aromatic N) is 1. The second-order valence-corrected chi connectivity index (χ2v) is 8.59. The molecule has 2 amide bonds. The largest absolute Gasteiger partial charge is 0.338 e. The molecule has 2 aromatic rings. The summed E-state index contributed by atoms with van der Waals surface area (Å²) in [6.07, 6.45) is 0.868. The van der Waals surface area contributed by atoms with Crippen LogP contribution in [0.25, 0.3) is 0 Å². The highest BCUT2D eigenvalue weighted by molar-refractivity contribution is 7.89. The van der Waals surface area contributed by atoms with Gasteiger partial charge in [0.2, 0.25) is 15.9 Å². The molecule has 0 aromatic heterocycles. The van der Waals surface area contributed by atoms with Crippen molar-refractivity contribution in [2.75, 3.05) is 18.4 Å². The van der Waals surface area contributed by atoms with Gasteiger partial charge in [-0.3, -0.25) is 9.59 Å². The van der Waals surface area contributed by atoms with Gasteiger partial charge >= 0.3 is 0 Å². The maximum absolute atomic E-state index is 13.8. The average Bonchev–Trinajstić information content (AvgIpc) is 2.68. The number of rotatable bonds is 5. The SMILES string of the molecule is CC(=O)Nc1ccc(S(=O)(=O)NC2CCN(C(=O)c3ccccc3F)CC2)cc1. The molecule has 1 heterocycles. The molecule has 29 heavy (non-hydrogen) atoms. The van der Waals surface area contributed by atoms with Crippen LogP contribution in [0.5, 0.6) is 0 Å². The van der Waals surface area contributed by atoms with E-state index in [0.29, 0.717) is 31.6 Å². The van der Waals surface area contributed by atoms with Crippen molar-refractivity contribution in [2.45, 2.75) is 30.7 Å². The number of piperidine rings is 1. The molecular weight excluding hydrogens is 397 g/mol. The Morgan fingerprint density at radius 3 is 2.24 bits per heavy atom. The summed E-state index contributed by atoms with van der Waals surface area (Å²) in [5, 5.41) is 2.58. The van der Waals surface area contributed by atoms with Crippen molar-refractivity contribution in [2.24, 2.45) is 0 Å². The van der Waals surface area contributed by atoms with Crippen molar-refractivity contribution < 1.29 is 22.4 Å². The van der Waals surface area contributed by atoms with Gasteiger partial charge in [0.05, 0.1) is 10.5 Å². The Morgan fingerprint density at radius 1 is 1.03 bits per heavy atom. The van der Waals surface area contributed by atoms with Crippen LogP contribution in [-0.4, -0.2) is 44.3 Å². The van der Waals surface area contributed by atoms with Crippen molar-refractivity contribution in [3.8, 4) is 0 Å². The van der Waals surface area contributed by atoms with Crippen LogP contribution < -0.4 is 10.0 Å². The molecule has 3 rings (SSSR count). The first-order valence-electron chi connectivity index (χ1n) is 9.20. The van der Waals surface area contributed by atoms with E-state index in [2.05, 4.69) is 10.0 Å². The lowest BCUT2D eigenvalue weighted by molar-refractivity contribution is -0.114. The van der Waals surface area contributed by atoms with Crippen LogP contribution in [0.15, 0.2) is 53.4 Å². The molecule has 7 nitrogen and oxygen atoms in total. The third-order valence-electron chi connectivity index (χ3n) is 4.69. The summed E-state index contributed by atoms with van der Waals surface area (Å²) in [5.41, 5.74) is 0.530. The van der Waals surface area contributed by atoms with E-state index in [9.17, 15) is 22.4 Å². The van der Waals surface area contributed by atoms with Crippen LogP contribution in [0.1, 0.15) is 30.1 Å². The highest BCUT2D eigenvalue weighted by atomic mass is 32.2. The minimum Gasteiger partial charge on any atom is -0.338 e. The van der Waals surface area contributed by atoms with Crippen LogP contribution >= 0.6 is 0 Å². The molecule has 1 aliphatic heterocycles. The van der Waals surface area contributed by atoms with Crippen LogP contribution in [0.2, 0.25) is 0 Å². The number of halogens is 1. The van der Waals surface area contributed by atoms with Gasteiger partial charge in [-0.05, 0) is 49.2 Å². The third kappa shape index (κ3) is 5.18. The van der Waals surface area contributed by atoms with E-state index in [-0.39, 0.29) is 22.4 Å². The summed E-state index contributed by atoms with van der Waals surface area (Å²) < 4.78 is 41.6. The second-order valence-electron chi connectivity index (χ2n) is 6.87. The van der Waals surface area contributed by atoms with Gasteiger partial charge in [0.15, 0.2) is 0 Å². The van der Waals surface area contributed by atoms with Gasteiger partial charge in [0.25, 0.3) is 5.91 Å². The highest BCUT2D eigenvalue weighted by Gasteiger charge is 2.28. The third-order valence-corrected chi connectivity index (χ3v) is 6.23. The van der Waals surface area contributed by atoms with Gasteiger partial charge < -0.3 is 10.2 Å². The Labute approximate surface area is 169 Å². The van der Waals surface area contributed by atoms with E-state index in [1.165, 1.54) is 54.3 Å². The van der Waals surface area contributed by atoms with Gasteiger partial charge in [-0.25, -0.2) is 17.5 Å². The van der Waals surface area contributed by atoms with Crippen molar-refractivity contribution in [3.05, 3.63) is 59.9 Å². The summed E-state index contributed by atoms with van der Waals surface area (Å²) in [6.45, 7) is 2.04. The first-order chi connectivity index (χ1) is 13.8. The Hall–Kier alpha value is -2.78. The molecule has 0 spiro atoms. The zero-order valence-electron chi connectivity index (χ0n) is 15.9. The van der Waals surface area contributed by atoms with Gasteiger partial charge in [-0.2, -0.15) is 0 Å². The fourth-order valence-electron chi connectivity index (χ4n) is 3.21. The number of hydrogen-bond donors (Lipinski definition) is 2. The van der Waals surface area contributed by atoms with Crippen molar-refractivity contribution in [1.82, 2.24) is 9.62 Å². The summed E-state index contributed by atoms with van der Waals surface area (Å²) >= 11 is 0. The van der Waals surface area contributed by atoms with Gasteiger partial charge in [0, 0.05) is 31.7 Å². The van der Waals surface area contributed by atoms with E-state index in [4.69, 9.17) is 0 Å². The van der Waals surface area contributed by atoms with Crippen molar-refractivity contribution in [1.29, 1.82) is 0 Å². The lowest BCUT2D eigenvalue weighted by Gasteiger charge is -2.32. The van der Waals surface area contributed by atoms with Crippen LogP contribution in [0, 0.1) is 5.82 Å². The fourth-order valence-corrected chi connectivity index (χ4v) is 4.52. The van der Waals surface area contributed by atoms with Crippen LogP contribution in [-0.2, 0) is 14.8 Å². The predicted octanol–water partition coefficient (Wildman–Crippen LogP) is 2.37. The molecule has 0 saturated carbocycles. The molecule has 2 aromatic carbocycles. The number of nitrogens with one attached hydrogen (secondary N) is 2. The van der Waals surface area contributed by atoms with E-state index in [0.717, 1.165) is 0 Å². The number of anilines is 1. The van der Waals surface area contributed by atoms with Crippen LogP contribution in [0.4, 0.5) is 10.1 Å². The number of sulfonamides is 1. The summed E-state index contributed by atoms with van der Waals surface area (Å²) in [4.78, 5) is 25.1. The minimum atomic E-state index is -3.73. The highest BCUT2D eigenvalue weighted by Crippen LogP contribution is 2.19. The molecule has 0 aliphatic carbocycles. The first-order valence-corrected chi connectivity index (χ1v) is 10.7. The maximum atomic E-state index is 13.8. The number of carbonyl (C=O) groups excluding carboxylic acids is 2. The predicted molar refractivity (Wildman–Crippen MR) is 106 cm³/mol. The molecule has 0 atom stereocenters. The summed E-state index contributed by atoms with van der Waals surface area (Å²) in [6, 6.07) is 11.4. The Balaban J connectivity index is 1.59. The second kappa shape index (κ2) is 8.71. The molecule has 1 aliphatic rings. The van der Waals surface area contributed by atoms with Crippen molar-refractivity contribution in [3.63, 3.8) is 0 Å². The van der Waals surface area contributed by atoms with Crippen molar-refractivity contribution >= 4 is 27.5 Å². The number of benzene rings is 2. The van der Waals surface area contributed by atoms with E-state index >= 15 is 0 Å². The van der Waals surface area contributed by atoms with E-state index < -0.39 is 21.7 Å². The Kier molecular flexibility index (Phi) is 6.29. The topological polar surface area (TPSA) is 95.6 Å². The molecule has 0 unspecified atom stereocenters. The van der Waals surface area contributed by atoms with Crippen LogP contribution in [0.3, 0.4) is 0 Å².